The third-order valence-corrected chi connectivity index (χ3v) is 4.51. The van der Waals surface area contributed by atoms with E-state index in [1.165, 1.54) is 0 Å². The molecular weight excluding hydrogens is 324 g/mol. The zero-order chi connectivity index (χ0) is 18.4. The number of carbonyl (C=O) groups excluding carboxylic acids is 1. The lowest BCUT2D eigenvalue weighted by atomic mass is 10.1. The number of carboxylic acids is 1. The van der Waals surface area contributed by atoms with Gasteiger partial charge in [0.15, 0.2) is 0 Å². The van der Waals surface area contributed by atoms with Gasteiger partial charge in [-0.3, -0.25) is 4.79 Å². The van der Waals surface area contributed by atoms with Gasteiger partial charge in [0.05, 0.1) is 27.2 Å². The van der Waals surface area contributed by atoms with E-state index in [9.17, 15) is 9.59 Å². The molecule has 1 aromatic rings. The molecule has 0 spiro atoms. The zero-order valence-electron chi connectivity index (χ0n) is 14.9. The minimum atomic E-state index is -0.932. The summed E-state index contributed by atoms with van der Waals surface area (Å²) in [6, 6.07) is 5.34. The first kappa shape index (κ1) is 18.9. The summed E-state index contributed by atoms with van der Waals surface area (Å²) in [5.41, 5.74) is 0.879. The molecule has 2 amide bonds. The highest BCUT2D eigenvalue weighted by molar-refractivity contribution is 5.75. The third kappa shape index (κ3) is 5.27. The largest absolute Gasteiger partial charge is 0.497 e. The molecule has 7 heteroatoms. The van der Waals surface area contributed by atoms with Crippen LogP contribution in [0.15, 0.2) is 18.2 Å². The average Bonchev–Trinajstić information content (AvgIpc) is 3.43. The maximum Gasteiger partial charge on any atom is 0.317 e. The predicted octanol–water partition coefficient (Wildman–Crippen LogP) is 2.49. The van der Waals surface area contributed by atoms with Crippen LogP contribution in [-0.4, -0.2) is 48.8 Å². The van der Waals surface area contributed by atoms with E-state index in [0.717, 1.165) is 18.4 Å². The summed E-state index contributed by atoms with van der Waals surface area (Å²) in [5, 5.41) is 11.4. The first-order valence-electron chi connectivity index (χ1n) is 8.43. The van der Waals surface area contributed by atoms with E-state index in [2.05, 4.69) is 5.32 Å². The molecule has 0 bridgehead atoms. The van der Waals surface area contributed by atoms with Crippen molar-refractivity contribution in [2.45, 2.75) is 38.8 Å². The van der Waals surface area contributed by atoms with Crippen molar-refractivity contribution >= 4 is 12.0 Å². The minimum Gasteiger partial charge on any atom is -0.497 e. The molecular formula is C18H26N2O5. The number of benzene rings is 1. The van der Waals surface area contributed by atoms with E-state index in [4.69, 9.17) is 14.6 Å². The van der Waals surface area contributed by atoms with Crippen LogP contribution < -0.4 is 14.8 Å². The molecule has 0 aromatic heterocycles. The summed E-state index contributed by atoms with van der Waals surface area (Å²) in [6.07, 6.45) is 2.13. The number of amides is 2. The molecule has 1 unspecified atom stereocenters. The van der Waals surface area contributed by atoms with Crippen LogP contribution in [0.1, 0.15) is 31.7 Å². The van der Waals surface area contributed by atoms with Crippen molar-refractivity contribution in [1.82, 2.24) is 10.2 Å². The lowest BCUT2D eigenvalue weighted by molar-refractivity contribution is -0.136. The summed E-state index contributed by atoms with van der Waals surface area (Å²) in [4.78, 5) is 25.0. The van der Waals surface area contributed by atoms with Crippen molar-refractivity contribution in [3.63, 3.8) is 0 Å². The van der Waals surface area contributed by atoms with Crippen LogP contribution in [-0.2, 0) is 11.3 Å². The zero-order valence-corrected chi connectivity index (χ0v) is 14.9. The summed E-state index contributed by atoms with van der Waals surface area (Å²) in [6.45, 7) is 2.54. The molecule has 1 fully saturated rings. The van der Waals surface area contributed by atoms with Crippen molar-refractivity contribution < 1.29 is 24.2 Å². The molecule has 1 aromatic carbocycles. The second kappa shape index (κ2) is 8.60. The van der Waals surface area contributed by atoms with Crippen molar-refractivity contribution in [2.75, 3.05) is 20.8 Å². The third-order valence-electron chi connectivity index (χ3n) is 4.51. The van der Waals surface area contributed by atoms with E-state index in [1.54, 1.807) is 25.2 Å². The highest BCUT2D eigenvalue weighted by atomic mass is 16.5. The fraction of sp³-hybridized carbons (Fsp3) is 0.556. The van der Waals surface area contributed by atoms with Crippen molar-refractivity contribution in [2.24, 2.45) is 5.92 Å². The van der Waals surface area contributed by atoms with Crippen molar-refractivity contribution in [1.29, 1.82) is 0 Å². The Morgan fingerprint density at radius 2 is 2.04 bits per heavy atom. The number of nitrogens with zero attached hydrogens (tertiary/aromatic N) is 1. The summed E-state index contributed by atoms with van der Waals surface area (Å²) in [5.74, 6) is 0.910. The SMILES string of the molecule is COc1ccc(CN(C(=O)NCCC(=O)O)C(C)C2CC2)c(OC)c1. The van der Waals surface area contributed by atoms with Gasteiger partial charge in [-0.05, 0) is 37.8 Å². The van der Waals surface area contributed by atoms with Crippen LogP contribution >= 0.6 is 0 Å². The molecule has 1 aliphatic rings. The average molecular weight is 350 g/mol. The van der Waals surface area contributed by atoms with Gasteiger partial charge in [-0.2, -0.15) is 0 Å². The molecule has 2 rings (SSSR count). The molecule has 7 nitrogen and oxygen atoms in total. The van der Waals surface area contributed by atoms with Gasteiger partial charge in [-0.25, -0.2) is 4.79 Å². The number of carboxylic acid groups (broad SMARTS) is 1. The number of hydrogen-bond donors (Lipinski definition) is 2. The number of hydrogen-bond acceptors (Lipinski definition) is 4. The van der Waals surface area contributed by atoms with E-state index in [-0.39, 0.29) is 25.0 Å². The number of methoxy groups -OCH3 is 2. The topological polar surface area (TPSA) is 88.1 Å². The number of aliphatic carboxylic acids is 1. The lowest BCUT2D eigenvalue weighted by Gasteiger charge is -2.30. The van der Waals surface area contributed by atoms with Gasteiger partial charge < -0.3 is 24.8 Å². The van der Waals surface area contributed by atoms with Crippen molar-refractivity contribution in [3.05, 3.63) is 23.8 Å². The van der Waals surface area contributed by atoms with Gasteiger partial charge in [0.1, 0.15) is 11.5 Å². The van der Waals surface area contributed by atoms with Crippen LogP contribution in [0.2, 0.25) is 0 Å². The maximum atomic E-state index is 12.6. The fourth-order valence-corrected chi connectivity index (χ4v) is 2.78. The van der Waals surface area contributed by atoms with E-state index in [1.807, 2.05) is 19.1 Å². The quantitative estimate of drug-likeness (QED) is 0.714. The van der Waals surface area contributed by atoms with Gasteiger partial charge in [0, 0.05) is 24.2 Å². The Kier molecular flexibility index (Phi) is 6.50. The number of urea groups is 1. The maximum absolute atomic E-state index is 12.6. The molecule has 2 N–H and O–H groups in total. The van der Waals surface area contributed by atoms with Crippen LogP contribution in [0, 0.1) is 5.92 Å². The number of ether oxygens (including phenoxy) is 2. The molecule has 1 aliphatic carbocycles. The minimum absolute atomic E-state index is 0.0802. The van der Waals surface area contributed by atoms with Gasteiger partial charge in [-0.1, -0.05) is 0 Å². The second-order valence-corrected chi connectivity index (χ2v) is 6.26. The number of nitrogens with one attached hydrogen (secondary N) is 1. The Morgan fingerprint density at radius 1 is 1.32 bits per heavy atom. The Bertz CT molecular complexity index is 615. The van der Waals surface area contributed by atoms with Crippen LogP contribution in [0.5, 0.6) is 11.5 Å². The summed E-state index contributed by atoms with van der Waals surface area (Å²) >= 11 is 0. The second-order valence-electron chi connectivity index (χ2n) is 6.26. The summed E-state index contributed by atoms with van der Waals surface area (Å²) in [7, 11) is 3.17. The fourth-order valence-electron chi connectivity index (χ4n) is 2.78. The van der Waals surface area contributed by atoms with Gasteiger partial charge in [0.25, 0.3) is 0 Å². The van der Waals surface area contributed by atoms with Crippen molar-refractivity contribution in [3.8, 4) is 11.5 Å². The standard InChI is InChI=1S/C18H26N2O5/c1-12(13-4-5-13)20(18(23)19-9-8-17(21)22)11-14-6-7-15(24-2)10-16(14)25-3/h6-7,10,12-13H,4-5,8-9,11H2,1-3H3,(H,19,23)(H,21,22). The normalized spacial score (nSPS) is 14.5. The smallest absolute Gasteiger partial charge is 0.317 e. The molecule has 0 saturated heterocycles. The molecule has 25 heavy (non-hydrogen) atoms. The Hall–Kier alpha value is -2.44. The molecule has 0 aliphatic heterocycles. The van der Waals surface area contributed by atoms with Crippen LogP contribution in [0.4, 0.5) is 4.79 Å². The Labute approximate surface area is 147 Å². The molecule has 1 atom stereocenters. The first-order chi connectivity index (χ1) is 12.0. The highest BCUT2D eigenvalue weighted by Crippen LogP contribution is 2.36. The van der Waals surface area contributed by atoms with Gasteiger partial charge in [-0.15, -0.1) is 0 Å². The van der Waals surface area contributed by atoms with E-state index < -0.39 is 5.97 Å². The molecule has 138 valence electrons. The number of carbonyl (C=O) groups is 2. The monoisotopic (exact) mass is 350 g/mol. The highest BCUT2D eigenvalue weighted by Gasteiger charge is 2.34. The van der Waals surface area contributed by atoms with E-state index in [0.29, 0.717) is 24.0 Å². The van der Waals surface area contributed by atoms with Gasteiger partial charge in [0.2, 0.25) is 0 Å². The molecule has 0 heterocycles. The first-order valence-corrected chi connectivity index (χ1v) is 8.43. The van der Waals surface area contributed by atoms with E-state index >= 15 is 0 Å². The molecule has 0 radical (unpaired) electrons. The summed E-state index contributed by atoms with van der Waals surface area (Å²) < 4.78 is 10.6. The Balaban J connectivity index is 2.12. The van der Waals surface area contributed by atoms with Crippen LogP contribution in [0.3, 0.4) is 0 Å². The van der Waals surface area contributed by atoms with Gasteiger partial charge >= 0.3 is 12.0 Å². The number of rotatable bonds is 9. The Morgan fingerprint density at radius 3 is 2.60 bits per heavy atom. The lowest BCUT2D eigenvalue weighted by Crippen LogP contribution is -2.46. The van der Waals surface area contributed by atoms with Crippen LogP contribution in [0.25, 0.3) is 0 Å². The predicted molar refractivity (Wildman–Crippen MR) is 92.9 cm³/mol. The molecule has 1 saturated carbocycles.